The van der Waals surface area contributed by atoms with Gasteiger partial charge in [-0.15, -0.1) is 0 Å². The fourth-order valence-corrected chi connectivity index (χ4v) is 1.66. The third-order valence-corrected chi connectivity index (χ3v) is 2.51. The third kappa shape index (κ3) is 0.426. The summed E-state index contributed by atoms with van der Waals surface area (Å²) in [5.74, 6) is -0.123. The van der Waals surface area contributed by atoms with Crippen LogP contribution in [-0.2, 0) is 14.3 Å². The van der Waals surface area contributed by atoms with Gasteiger partial charge in [0.2, 0.25) is 0 Å². The lowest BCUT2D eigenvalue weighted by molar-refractivity contribution is -0.148. The Morgan fingerprint density at radius 2 is 2.50 bits per heavy atom. The monoisotopic (exact) mass is 140 g/mol. The second-order valence-corrected chi connectivity index (χ2v) is 3.03. The van der Waals surface area contributed by atoms with Crippen LogP contribution in [-0.4, -0.2) is 18.4 Å². The standard InChI is InChI=1S/C7H8O3/c1-4(8)7-2-5(7)3-10-6(7)9/h5H,2-3H2,1H3/t5-,7+/m0/s1. The zero-order chi connectivity index (χ0) is 7.35. The molecular formula is C7H8O3. The van der Waals surface area contributed by atoms with Crippen LogP contribution in [0.3, 0.4) is 0 Å². The van der Waals surface area contributed by atoms with Gasteiger partial charge < -0.3 is 4.74 Å². The number of carbonyl (C=O) groups is 2. The Labute approximate surface area is 58.4 Å². The summed E-state index contributed by atoms with van der Waals surface area (Å²) >= 11 is 0. The van der Waals surface area contributed by atoms with E-state index in [1.165, 1.54) is 6.92 Å². The van der Waals surface area contributed by atoms with E-state index in [1.54, 1.807) is 0 Å². The van der Waals surface area contributed by atoms with Crippen molar-refractivity contribution in [3.8, 4) is 0 Å². The maximum Gasteiger partial charge on any atom is 0.320 e. The number of carbonyl (C=O) groups excluding carboxylic acids is 2. The Morgan fingerprint density at radius 1 is 1.80 bits per heavy atom. The zero-order valence-corrected chi connectivity index (χ0v) is 5.72. The molecule has 0 aromatic carbocycles. The van der Waals surface area contributed by atoms with E-state index in [2.05, 4.69) is 0 Å². The van der Waals surface area contributed by atoms with E-state index in [0.29, 0.717) is 6.61 Å². The van der Waals surface area contributed by atoms with Crippen LogP contribution >= 0.6 is 0 Å². The Hall–Kier alpha value is -0.860. The molecule has 0 aromatic rings. The zero-order valence-electron chi connectivity index (χ0n) is 5.72. The van der Waals surface area contributed by atoms with Crippen LogP contribution in [0.2, 0.25) is 0 Å². The van der Waals surface area contributed by atoms with Crippen molar-refractivity contribution in [2.24, 2.45) is 11.3 Å². The molecule has 1 aliphatic heterocycles. The van der Waals surface area contributed by atoms with E-state index < -0.39 is 5.41 Å². The highest BCUT2D eigenvalue weighted by Crippen LogP contribution is 2.58. The molecule has 10 heavy (non-hydrogen) atoms. The van der Waals surface area contributed by atoms with Crippen LogP contribution in [0.4, 0.5) is 0 Å². The number of hydrogen-bond donors (Lipinski definition) is 0. The molecular weight excluding hydrogens is 132 g/mol. The van der Waals surface area contributed by atoms with E-state index in [1.807, 2.05) is 0 Å². The maximum absolute atomic E-state index is 10.9. The van der Waals surface area contributed by atoms with E-state index in [0.717, 1.165) is 6.42 Å². The minimum absolute atomic E-state index is 0.0278. The predicted octanol–water partition coefficient (Wildman–Crippen LogP) is 0.139. The first kappa shape index (κ1) is 5.89. The minimum Gasteiger partial charge on any atom is -0.465 e. The molecule has 1 aliphatic carbocycles. The highest BCUT2D eigenvalue weighted by atomic mass is 16.5. The van der Waals surface area contributed by atoms with Crippen molar-refractivity contribution >= 4 is 11.8 Å². The molecule has 0 amide bonds. The molecule has 2 rings (SSSR count). The summed E-state index contributed by atoms with van der Waals surface area (Å²) in [4.78, 5) is 21.9. The van der Waals surface area contributed by atoms with Crippen molar-refractivity contribution < 1.29 is 14.3 Å². The van der Waals surface area contributed by atoms with E-state index in [-0.39, 0.29) is 17.7 Å². The Kier molecular flexibility index (Phi) is 0.832. The van der Waals surface area contributed by atoms with Crippen molar-refractivity contribution in [3.05, 3.63) is 0 Å². The van der Waals surface area contributed by atoms with Gasteiger partial charge in [-0.3, -0.25) is 9.59 Å². The summed E-state index contributed by atoms with van der Waals surface area (Å²) in [7, 11) is 0. The van der Waals surface area contributed by atoms with Gasteiger partial charge in [-0.1, -0.05) is 0 Å². The first-order valence-corrected chi connectivity index (χ1v) is 3.36. The number of rotatable bonds is 1. The van der Waals surface area contributed by atoms with Crippen LogP contribution in [0.1, 0.15) is 13.3 Å². The molecule has 0 aromatic heterocycles. The molecule has 1 saturated heterocycles. The second-order valence-electron chi connectivity index (χ2n) is 3.03. The fraction of sp³-hybridized carbons (Fsp3) is 0.714. The quantitative estimate of drug-likeness (QED) is 0.384. The molecule has 1 heterocycles. The van der Waals surface area contributed by atoms with Gasteiger partial charge in [-0.25, -0.2) is 0 Å². The average molecular weight is 140 g/mol. The van der Waals surface area contributed by atoms with E-state index in [4.69, 9.17) is 4.74 Å². The molecule has 3 nitrogen and oxygen atoms in total. The molecule has 54 valence electrons. The van der Waals surface area contributed by atoms with Crippen LogP contribution in [0.5, 0.6) is 0 Å². The minimum atomic E-state index is -0.681. The van der Waals surface area contributed by atoms with Crippen LogP contribution in [0.25, 0.3) is 0 Å². The summed E-state index contributed by atoms with van der Waals surface area (Å²) < 4.78 is 4.72. The summed E-state index contributed by atoms with van der Waals surface area (Å²) in [6.45, 7) is 1.92. The number of cyclic esters (lactones) is 1. The molecule has 3 heteroatoms. The van der Waals surface area contributed by atoms with Crippen LogP contribution in [0.15, 0.2) is 0 Å². The van der Waals surface area contributed by atoms with Gasteiger partial charge in [0.05, 0.1) is 6.61 Å². The lowest BCUT2D eigenvalue weighted by Gasteiger charge is -2.01. The van der Waals surface area contributed by atoms with Crippen molar-refractivity contribution in [1.82, 2.24) is 0 Å². The topological polar surface area (TPSA) is 43.4 Å². The summed E-state index contributed by atoms with van der Waals surface area (Å²) in [6.07, 6.45) is 0.723. The number of hydrogen-bond acceptors (Lipinski definition) is 3. The van der Waals surface area contributed by atoms with Gasteiger partial charge in [0.15, 0.2) is 0 Å². The Bertz CT molecular complexity index is 221. The maximum atomic E-state index is 10.9. The number of esters is 1. The molecule has 2 aliphatic rings. The van der Waals surface area contributed by atoms with Crippen molar-refractivity contribution in [2.75, 3.05) is 6.61 Å². The fourth-order valence-electron chi connectivity index (χ4n) is 1.66. The molecule has 0 bridgehead atoms. The summed E-state index contributed by atoms with van der Waals surface area (Å²) in [5.41, 5.74) is -0.681. The van der Waals surface area contributed by atoms with Gasteiger partial charge in [0, 0.05) is 5.92 Å². The summed E-state index contributed by atoms with van der Waals surface area (Å²) in [6, 6.07) is 0. The largest absolute Gasteiger partial charge is 0.465 e. The summed E-state index contributed by atoms with van der Waals surface area (Å²) in [5, 5.41) is 0. The first-order chi connectivity index (χ1) is 4.68. The van der Waals surface area contributed by atoms with Crippen molar-refractivity contribution in [3.63, 3.8) is 0 Å². The highest BCUT2D eigenvalue weighted by molar-refractivity contribution is 6.07. The molecule has 1 saturated carbocycles. The van der Waals surface area contributed by atoms with Gasteiger partial charge in [-0.05, 0) is 13.3 Å². The lowest BCUT2D eigenvalue weighted by atomic mass is 10.0. The smallest absolute Gasteiger partial charge is 0.320 e. The van der Waals surface area contributed by atoms with Gasteiger partial charge in [-0.2, -0.15) is 0 Å². The number of fused-ring (bicyclic) bond motifs is 1. The SMILES string of the molecule is CC(=O)[C@]12C[C@H]1COC2=O. The molecule has 0 unspecified atom stereocenters. The molecule has 0 radical (unpaired) electrons. The average Bonchev–Trinajstić information content (AvgIpc) is 2.52. The van der Waals surface area contributed by atoms with Crippen molar-refractivity contribution in [2.45, 2.75) is 13.3 Å². The Morgan fingerprint density at radius 3 is 2.70 bits per heavy atom. The highest BCUT2D eigenvalue weighted by Gasteiger charge is 2.69. The molecule has 0 spiro atoms. The lowest BCUT2D eigenvalue weighted by Crippen LogP contribution is -2.21. The van der Waals surface area contributed by atoms with Crippen LogP contribution < -0.4 is 0 Å². The predicted molar refractivity (Wildman–Crippen MR) is 32.2 cm³/mol. The number of ketones is 1. The van der Waals surface area contributed by atoms with E-state index in [9.17, 15) is 9.59 Å². The third-order valence-electron chi connectivity index (χ3n) is 2.51. The number of Topliss-reactive ketones (excluding diaryl/α,β-unsaturated/α-hetero) is 1. The van der Waals surface area contributed by atoms with Gasteiger partial charge >= 0.3 is 5.97 Å². The molecule has 2 atom stereocenters. The van der Waals surface area contributed by atoms with Crippen molar-refractivity contribution in [1.29, 1.82) is 0 Å². The Balaban J connectivity index is 2.33. The van der Waals surface area contributed by atoms with Crippen LogP contribution in [0, 0.1) is 11.3 Å². The first-order valence-electron chi connectivity index (χ1n) is 3.36. The normalized spacial score (nSPS) is 42.5. The van der Waals surface area contributed by atoms with Gasteiger partial charge in [0.1, 0.15) is 11.2 Å². The second kappa shape index (κ2) is 1.41. The number of ether oxygens (including phenoxy) is 1. The molecule has 2 fully saturated rings. The van der Waals surface area contributed by atoms with Gasteiger partial charge in [0.25, 0.3) is 0 Å². The van der Waals surface area contributed by atoms with E-state index >= 15 is 0 Å². The molecule has 0 N–H and O–H groups in total.